The molecule has 3 rings (SSSR count). The van der Waals surface area contributed by atoms with Gasteiger partial charge in [0, 0.05) is 47.4 Å². The van der Waals surface area contributed by atoms with Crippen molar-refractivity contribution >= 4 is 23.0 Å². The standard InChI is InChI=1S/C15H12N4O/c16-14(20)2-1-11-8-18-15-13(11)7-12(9-19-15)10-3-5-17-6-4-10/h1-9H,(H2,16,20)(H,18,19)/b2-1+. The van der Waals surface area contributed by atoms with Crippen LogP contribution in [0.4, 0.5) is 0 Å². The Morgan fingerprint density at radius 1 is 1.25 bits per heavy atom. The first kappa shape index (κ1) is 12.1. The van der Waals surface area contributed by atoms with Gasteiger partial charge < -0.3 is 10.7 Å². The Morgan fingerprint density at radius 3 is 2.80 bits per heavy atom. The number of hydrogen-bond donors (Lipinski definition) is 2. The van der Waals surface area contributed by atoms with Crippen LogP contribution in [0.15, 0.2) is 49.1 Å². The summed E-state index contributed by atoms with van der Waals surface area (Å²) in [7, 11) is 0. The lowest BCUT2D eigenvalue weighted by Crippen LogP contribution is -2.04. The highest BCUT2D eigenvalue weighted by Crippen LogP contribution is 2.24. The summed E-state index contributed by atoms with van der Waals surface area (Å²) in [6.07, 6.45) is 10.1. The second-order valence-corrected chi connectivity index (χ2v) is 4.34. The van der Waals surface area contributed by atoms with Gasteiger partial charge in [-0.15, -0.1) is 0 Å². The number of primary amides is 1. The summed E-state index contributed by atoms with van der Waals surface area (Å²) in [5.74, 6) is -0.474. The molecule has 0 fully saturated rings. The smallest absolute Gasteiger partial charge is 0.241 e. The third-order valence-electron chi connectivity index (χ3n) is 3.00. The fourth-order valence-electron chi connectivity index (χ4n) is 2.04. The molecule has 0 atom stereocenters. The predicted octanol–water partition coefficient (Wildman–Crippen LogP) is 2.12. The van der Waals surface area contributed by atoms with E-state index in [4.69, 9.17) is 5.73 Å². The quantitative estimate of drug-likeness (QED) is 0.710. The number of carbonyl (C=O) groups is 1. The van der Waals surface area contributed by atoms with Crippen molar-refractivity contribution in [3.63, 3.8) is 0 Å². The fourth-order valence-corrected chi connectivity index (χ4v) is 2.04. The minimum absolute atomic E-state index is 0.474. The van der Waals surface area contributed by atoms with Gasteiger partial charge >= 0.3 is 0 Å². The van der Waals surface area contributed by atoms with Crippen LogP contribution < -0.4 is 5.73 Å². The summed E-state index contributed by atoms with van der Waals surface area (Å²) in [6, 6.07) is 5.87. The molecule has 0 saturated heterocycles. The number of aromatic nitrogens is 3. The highest BCUT2D eigenvalue weighted by Gasteiger charge is 2.05. The van der Waals surface area contributed by atoms with Crippen molar-refractivity contribution in [3.8, 4) is 11.1 Å². The van der Waals surface area contributed by atoms with E-state index in [1.54, 1.807) is 30.9 Å². The van der Waals surface area contributed by atoms with Gasteiger partial charge in [-0.05, 0) is 29.8 Å². The molecule has 3 N–H and O–H groups in total. The summed E-state index contributed by atoms with van der Waals surface area (Å²) in [6.45, 7) is 0. The maximum atomic E-state index is 10.8. The third kappa shape index (κ3) is 2.29. The summed E-state index contributed by atoms with van der Waals surface area (Å²) in [4.78, 5) is 22.3. The maximum Gasteiger partial charge on any atom is 0.241 e. The second kappa shape index (κ2) is 4.97. The molecule has 0 aliphatic heterocycles. The van der Waals surface area contributed by atoms with Crippen LogP contribution in [-0.4, -0.2) is 20.9 Å². The molecular weight excluding hydrogens is 252 g/mol. The van der Waals surface area contributed by atoms with Crippen LogP contribution in [0, 0.1) is 0 Å². The van der Waals surface area contributed by atoms with Gasteiger partial charge in [0.1, 0.15) is 5.65 Å². The fraction of sp³-hybridized carbons (Fsp3) is 0. The van der Waals surface area contributed by atoms with Gasteiger partial charge in [-0.1, -0.05) is 0 Å². The minimum Gasteiger partial charge on any atom is -0.366 e. The Bertz CT molecular complexity index is 790. The number of amides is 1. The van der Waals surface area contributed by atoms with Gasteiger partial charge in [-0.3, -0.25) is 9.78 Å². The van der Waals surface area contributed by atoms with E-state index in [1.165, 1.54) is 6.08 Å². The van der Waals surface area contributed by atoms with Crippen molar-refractivity contribution < 1.29 is 4.79 Å². The number of carbonyl (C=O) groups excluding carboxylic acids is 1. The number of H-pyrrole nitrogens is 1. The number of rotatable bonds is 3. The molecule has 0 radical (unpaired) electrons. The highest BCUT2D eigenvalue weighted by molar-refractivity contribution is 5.95. The average molecular weight is 264 g/mol. The van der Waals surface area contributed by atoms with Gasteiger partial charge in [0.2, 0.25) is 5.91 Å². The molecule has 20 heavy (non-hydrogen) atoms. The van der Waals surface area contributed by atoms with Gasteiger partial charge in [0.05, 0.1) is 0 Å². The molecule has 1 amide bonds. The van der Waals surface area contributed by atoms with Crippen molar-refractivity contribution in [1.29, 1.82) is 0 Å². The van der Waals surface area contributed by atoms with E-state index in [1.807, 2.05) is 18.2 Å². The number of pyridine rings is 2. The van der Waals surface area contributed by atoms with E-state index in [-0.39, 0.29) is 0 Å². The lowest BCUT2D eigenvalue weighted by atomic mass is 10.1. The maximum absolute atomic E-state index is 10.8. The number of nitrogens with zero attached hydrogens (tertiary/aromatic N) is 2. The Labute approximate surface area is 115 Å². The average Bonchev–Trinajstić information content (AvgIpc) is 2.88. The van der Waals surface area contributed by atoms with Gasteiger partial charge in [-0.2, -0.15) is 0 Å². The summed E-state index contributed by atoms with van der Waals surface area (Å²) < 4.78 is 0. The molecule has 0 aliphatic rings. The number of fused-ring (bicyclic) bond motifs is 1. The van der Waals surface area contributed by atoms with Crippen molar-refractivity contribution in [2.24, 2.45) is 5.73 Å². The van der Waals surface area contributed by atoms with E-state index in [2.05, 4.69) is 15.0 Å². The van der Waals surface area contributed by atoms with Gasteiger partial charge in [0.25, 0.3) is 0 Å². The zero-order chi connectivity index (χ0) is 13.9. The van der Waals surface area contributed by atoms with Crippen molar-refractivity contribution in [2.75, 3.05) is 0 Å². The van der Waals surface area contributed by atoms with Crippen molar-refractivity contribution in [1.82, 2.24) is 15.0 Å². The largest absolute Gasteiger partial charge is 0.366 e. The van der Waals surface area contributed by atoms with E-state index in [0.29, 0.717) is 0 Å². The van der Waals surface area contributed by atoms with Crippen molar-refractivity contribution in [3.05, 3.63) is 54.6 Å². The first-order valence-corrected chi connectivity index (χ1v) is 6.09. The van der Waals surface area contributed by atoms with E-state index >= 15 is 0 Å². The Kier molecular flexibility index (Phi) is 3.01. The molecule has 3 heterocycles. The van der Waals surface area contributed by atoms with Crippen LogP contribution in [0.1, 0.15) is 5.56 Å². The van der Waals surface area contributed by atoms with Crippen LogP contribution >= 0.6 is 0 Å². The Hall–Kier alpha value is -2.95. The van der Waals surface area contributed by atoms with E-state index < -0.39 is 5.91 Å². The number of aromatic amines is 1. The molecular formula is C15H12N4O. The number of hydrogen-bond acceptors (Lipinski definition) is 3. The molecule has 0 saturated carbocycles. The first-order valence-electron chi connectivity index (χ1n) is 6.09. The molecule has 3 aromatic heterocycles. The van der Waals surface area contributed by atoms with Crippen LogP contribution in [0.25, 0.3) is 28.2 Å². The highest BCUT2D eigenvalue weighted by atomic mass is 16.1. The molecule has 0 aliphatic carbocycles. The molecule has 0 aromatic carbocycles. The van der Waals surface area contributed by atoms with E-state index in [0.717, 1.165) is 27.7 Å². The zero-order valence-electron chi connectivity index (χ0n) is 10.6. The van der Waals surface area contributed by atoms with Crippen molar-refractivity contribution in [2.45, 2.75) is 0 Å². The predicted molar refractivity (Wildman–Crippen MR) is 77.6 cm³/mol. The molecule has 0 spiro atoms. The zero-order valence-corrected chi connectivity index (χ0v) is 10.6. The summed E-state index contributed by atoms with van der Waals surface area (Å²) in [5, 5.41) is 0.941. The van der Waals surface area contributed by atoms with Crippen LogP contribution in [0.2, 0.25) is 0 Å². The molecule has 0 bridgehead atoms. The Morgan fingerprint density at radius 2 is 2.05 bits per heavy atom. The first-order chi connectivity index (χ1) is 9.74. The molecule has 5 heteroatoms. The van der Waals surface area contributed by atoms with Crippen LogP contribution in [-0.2, 0) is 4.79 Å². The number of nitrogens with one attached hydrogen (secondary N) is 1. The molecule has 0 unspecified atom stereocenters. The van der Waals surface area contributed by atoms with Gasteiger partial charge in [0.15, 0.2) is 0 Å². The monoisotopic (exact) mass is 264 g/mol. The van der Waals surface area contributed by atoms with E-state index in [9.17, 15) is 4.79 Å². The van der Waals surface area contributed by atoms with Gasteiger partial charge in [-0.25, -0.2) is 4.98 Å². The topological polar surface area (TPSA) is 84.7 Å². The normalized spacial score (nSPS) is 11.2. The van der Waals surface area contributed by atoms with Crippen LogP contribution in [0.3, 0.4) is 0 Å². The molecule has 3 aromatic rings. The van der Waals surface area contributed by atoms with Crippen LogP contribution in [0.5, 0.6) is 0 Å². The molecule has 5 nitrogen and oxygen atoms in total. The summed E-state index contributed by atoms with van der Waals surface area (Å²) in [5.41, 5.74) is 8.80. The summed E-state index contributed by atoms with van der Waals surface area (Å²) >= 11 is 0. The lowest BCUT2D eigenvalue weighted by Gasteiger charge is -2.01. The second-order valence-electron chi connectivity index (χ2n) is 4.34. The Balaban J connectivity index is 2.10. The lowest BCUT2D eigenvalue weighted by molar-refractivity contribution is -0.113. The third-order valence-corrected chi connectivity index (χ3v) is 3.00. The number of nitrogens with two attached hydrogens (primary N) is 1. The SMILES string of the molecule is NC(=O)/C=C/c1c[nH]c2ncc(-c3ccncc3)cc12. The molecule has 98 valence electrons. The minimum atomic E-state index is -0.474.